The van der Waals surface area contributed by atoms with E-state index in [0.29, 0.717) is 45.7 Å². The van der Waals surface area contributed by atoms with Gasteiger partial charge in [-0.2, -0.15) is 0 Å². The average molecular weight is 362 g/mol. The van der Waals surface area contributed by atoms with Gasteiger partial charge in [0.15, 0.2) is 0 Å². The number of ether oxygens (including phenoxy) is 2. The zero-order valence-electron chi connectivity index (χ0n) is 15.0. The summed E-state index contributed by atoms with van der Waals surface area (Å²) in [5.74, 6) is 1.14. The molecule has 0 unspecified atom stereocenters. The molecule has 1 aliphatic heterocycles. The Balaban J connectivity index is 1.84. The third-order valence-corrected chi connectivity index (χ3v) is 4.45. The van der Waals surface area contributed by atoms with Gasteiger partial charge in [0.05, 0.1) is 18.2 Å². The molecular formula is C21H18N2O4. The summed E-state index contributed by atoms with van der Waals surface area (Å²) in [5.41, 5.74) is 3.77. The fourth-order valence-electron chi connectivity index (χ4n) is 3.25. The Morgan fingerprint density at radius 3 is 2.37 bits per heavy atom. The average Bonchev–Trinajstić information content (AvgIpc) is 2.70. The van der Waals surface area contributed by atoms with Gasteiger partial charge in [0, 0.05) is 23.4 Å². The third-order valence-electron chi connectivity index (χ3n) is 4.45. The summed E-state index contributed by atoms with van der Waals surface area (Å²) >= 11 is 0. The lowest BCUT2D eigenvalue weighted by atomic mass is 9.94. The topological polar surface area (TPSA) is 67.9 Å². The maximum absolute atomic E-state index is 12.7. The molecule has 2 amide bonds. The zero-order chi connectivity index (χ0) is 19.0. The van der Waals surface area contributed by atoms with Gasteiger partial charge in [-0.1, -0.05) is 25.1 Å². The summed E-state index contributed by atoms with van der Waals surface area (Å²) in [7, 11) is 1.59. The lowest BCUT2D eigenvalue weighted by Crippen LogP contribution is -2.49. The second kappa shape index (κ2) is 6.74. The molecule has 4 rings (SSSR count). The van der Waals surface area contributed by atoms with Crippen molar-refractivity contribution in [2.75, 3.05) is 13.7 Å². The second-order valence-electron chi connectivity index (χ2n) is 6.08. The van der Waals surface area contributed by atoms with E-state index in [0.717, 1.165) is 5.01 Å². The molecule has 27 heavy (non-hydrogen) atoms. The molecule has 6 nitrogen and oxygen atoms in total. The molecule has 1 aliphatic rings. The number of carbonyl (C=O) groups excluding carboxylic acids is 2. The first kappa shape index (κ1) is 17.1. The Morgan fingerprint density at radius 1 is 0.926 bits per heavy atom. The number of hydrogen-bond donors (Lipinski definition) is 1. The first-order valence-corrected chi connectivity index (χ1v) is 8.64. The van der Waals surface area contributed by atoms with Gasteiger partial charge in [-0.25, -0.2) is 10.4 Å². The smallest absolute Gasteiger partial charge is 0.275 e. The molecule has 0 aliphatic carbocycles. The minimum absolute atomic E-state index is 0.363. The number of amides is 2. The highest BCUT2D eigenvalue weighted by atomic mass is 16.5. The Labute approximate surface area is 156 Å². The van der Waals surface area contributed by atoms with Crippen molar-refractivity contribution < 1.29 is 19.1 Å². The van der Waals surface area contributed by atoms with Crippen molar-refractivity contribution in [1.82, 2.24) is 10.4 Å². The van der Waals surface area contributed by atoms with Crippen molar-refractivity contribution in [2.45, 2.75) is 6.92 Å². The summed E-state index contributed by atoms with van der Waals surface area (Å²) in [6.07, 6.45) is 0. The predicted octanol–water partition coefficient (Wildman–Crippen LogP) is 3.76. The van der Waals surface area contributed by atoms with Crippen LogP contribution in [0.25, 0.3) is 10.8 Å². The van der Waals surface area contributed by atoms with Crippen molar-refractivity contribution in [3.63, 3.8) is 0 Å². The van der Waals surface area contributed by atoms with Crippen LogP contribution in [-0.4, -0.2) is 30.5 Å². The van der Waals surface area contributed by atoms with E-state index in [2.05, 4.69) is 5.43 Å². The standard InChI is InChI=1S/C21H18N2O4/c1-3-22-23-20(24)16-9-5-8-15-18(11-10-17(19(15)16)21(23)25)27-14-7-4-6-13(12-14)26-2/h4-12,22H,3H2,1-2H3. The van der Waals surface area contributed by atoms with E-state index in [4.69, 9.17) is 9.47 Å². The number of hydrogen-bond acceptors (Lipinski definition) is 5. The number of imide groups is 1. The monoisotopic (exact) mass is 362 g/mol. The molecule has 0 aromatic heterocycles. The molecule has 3 aromatic carbocycles. The van der Waals surface area contributed by atoms with Gasteiger partial charge in [-0.15, -0.1) is 0 Å². The molecule has 0 atom stereocenters. The van der Waals surface area contributed by atoms with Crippen molar-refractivity contribution >= 4 is 22.6 Å². The quantitative estimate of drug-likeness (QED) is 0.700. The SMILES string of the molecule is CCNN1C(=O)c2cccc3c(Oc4cccc(OC)c4)ccc(c23)C1=O. The third kappa shape index (κ3) is 2.80. The van der Waals surface area contributed by atoms with Crippen LogP contribution >= 0.6 is 0 Å². The molecule has 0 saturated heterocycles. The highest BCUT2D eigenvalue weighted by Crippen LogP contribution is 2.37. The molecule has 6 heteroatoms. The second-order valence-corrected chi connectivity index (χ2v) is 6.08. The van der Waals surface area contributed by atoms with Crippen molar-refractivity contribution in [1.29, 1.82) is 0 Å². The number of carbonyl (C=O) groups is 2. The molecule has 3 aromatic rings. The molecule has 1 N–H and O–H groups in total. The highest BCUT2D eigenvalue weighted by molar-refractivity contribution is 6.25. The normalized spacial score (nSPS) is 13.2. The van der Waals surface area contributed by atoms with Crippen LogP contribution in [0.15, 0.2) is 54.6 Å². The molecule has 0 bridgehead atoms. The summed E-state index contributed by atoms with van der Waals surface area (Å²) in [4.78, 5) is 25.5. The molecule has 0 spiro atoms. The van der Waals surface area contributed by atoms with E-state index >= 15 is 0 Å². The van der Waals surface area contributed by atoms with Crippen LogP contribution in [0.2, 0.25) is 0 Å². The molecular weight excluding hydrogens is 344 g/mol. The minimum atomic E-state index is -0.363. The van der Waals surface area contributed by atoms with Crippen molar-refractivity contribution in [3.8, 4) is 17.2 Å². The molecule has 136 valence electrons. The van der Waals surface area contributed by atoms with E-state index in [1.807, 2.05) is 31.2 Å². The van der Waals surface area contributed by atoms with Crippen LogP contribution in [0.3, 0.4) is 0 Å². The van der Waals surface area contributed by atoms with Gasteiger partial charge in [-0.3, -0.25) is 9.59 Å². The largest absolute Gasteiger partial charge is 0.497 e. The first-order valence-electron chi connectivity index (χ1n) is 8.64. The van der Waals surface area contributed by atoms with Gasteiger partial charge in [-0.05, 0) is 30.3 Å². The van der Waals surface area contributed by atoms with Gasteiger partial charge < -0.3 is 9.47 Å². The molecule has 1 heterocycles. The van der Waals surface area contributed by atoms with E-state index in [1.165, 1.54) is 0 Å². The van der Waals surface area contributed by atoms with Gasteiger partial charge in [0.25, 0.3) is 11.8 Å². The van der Waals surface area contributed by atoms with Crippen LogP contribution in [-0.2, 0) is 0 Å². The van der Waals surface area contributed by atoms with E-state index in [1.54, 1.807) is 37.4 Å². The van der Waals surface area contributed by atoms with Crippen LogP contribution in [0.5, 0.6) is 17.2 Å². The fraction of sp³-hybridized carbons (Fsp3) is 0.143. The lowest BCUT2D eigenvalue weighted by molar-refractivity contribution is 0.0525. The van der Waals surface area contributed by atoms with Crippen LogP contribution in [0.1, 0.15) is 27.6 Å². The van der Waals surface area contributed by atoms with E-state index < -0.39 is 0 Å². The number of benzene rings is 3. The number of rotatable bonds is 5. The number of hydrazine groups is 1. The molecule has 0 radical (unpaired) electrons. The maximum Gasteiger partial charge on any atom is 0.275 e. The predicted molar refractivity (Wildman–Crippen MR) is 101 cm³/mol. The molecule has 0 fully saturated rings. The van der Waals surface area contributed by atoms with Crippen LogP contribution < -0.4 is 14.9 Å². The fourth-order valence-corrected chi connectivity index (χ4v) is 3.25. The number of methoxy groups -OCH3 is 1. The van der Waals surface area contributed by atoms with Gasteiger partial charge in [0.1, 0.15) is 17.2 Å². The molecule has 0 saturated carbocycles. The van der Waals surface area contributed by atoms with Gasteiger partial charge >= 0.3 is 0 Å². The van der Waals surface area contributed by atoms with Crippen LogP contribution in [0.4, 0.5) is 0 Å². The van der Waals surface area contributed by atoms with Crippen molar-refractivity contribution in [2.24, 2.45) is 0 Å². The minimum Gasteiger partial charge on any atom is -0.497 e. The lowest BCUT2D eigenvalue weighted by Gasteiger charge is -2.27. The Morgan fingerprint density at radius 2 is 1.63 bits per heavy atom. The van der Waals surface area contributed by atoms with Crippen LogP contribution in [0, 0.1) is 0 Å². The Hall–Kier alpha value is -3.38. The first-order chi connectivity index (χ1) is 13.1. The summed E-state index contributed by atoms with van der Waals surface area (Å²) in [5, 5.41) is 2.40. The Kier molecular flexibility index (Phi) is 4.25. The van der Waals surface area contributed by atoms with E-state index in [9.17, 15) is 9.59 Å². The Bertz CT molecular complexity index is 1040. The number of nitrogens with one attached hydrogen (secondary N) is 1. The maximum atomic E-state index is 12.7. The summed E-state index contributed by atoms with van der Waals surface area (Å²) in [6.45, 7) is 2.31. The van der Waals surface area contributed by atoms with Crippen molar-refractivity contribution in [3.05, 3.63) is 65.7 Å². The summed E-state index contributed by atoms with van der Waals surface area (Å²) in [6, 6.07) is 16.1. The zero-order valence-corrected chi connectivity index (χ0v) is 15.0. The number of nitrogens with zero attached hydrogens (tertiary/aromatic N) is 1. The summed E-state index contributed by atoms with van der Waals surface area (Å²) < 4.78 is 11.3. The van der Waals surface area contributed by atoms with Gasteiger partial charge in [0.2, 0.25) is 0 Å². The van der Waals surface area contributed by atoms with E-state index in [-0.39, 0.29) is 11.8 Å². The highest BCUT2D eigenvalue weighted by Gasteiger charge is 2.33.